The number of rotatable bonds is 9. The van der Waals surface area contributed by atoms with Gasteiger partial charge in [-0.1, -0.05) is 60.2 Å². The van der Waals surface area contributed by atoms with Crippen LogP contribution in [0.1, 0.15) is 34.0 Å². The number of nitrogens with zero attached hydrogens (tertiary/aromatic N) is 4. The average Bonchev–Trinajstić information content (AvgIpc) is 3.39. The highest BCUT2D eigenvalue weighted by Gasteiger charge is 2.26. The fourth-order valence-electron chi connectivity index (χ4n) is 4.38. The summed E-state index contributed by atoms with van der Waals surface area (Å²) in [6, 6.07) is 22.9. The zero-order valence-corrected chi connectivity index (χ0v) is 24.4. The largest absolute Gasteiger partial charge is 0.279 e. The molecule has 0 spiro atoms. The zero-order valence-electron chi connectivity index (χ0n) is 22.0. The Balaban J connectivity index is 1.46. The summed E-state index contributed by atoms with van der Waals surface area (Å²) in [6.07, 6.45) is 3.35. The molecule has 5 rings (SSSR count). The predicted molar refractivity (Wildman–Crippen MR) is 160 cm³/mol. The standard InChI is InChI=1S/C30H27ClN4O3S2/c1-3-34(19-22-7-5-4-6-8-22)40(37,38)26-11-9-24(10-12-26)29(36)35(20-23-13-15-32-16-14-23)30-33-28-21(2)17-25(31)18-27(28)39-30/h4-18H,3,19-20H2,1-2H3. The number of benzene rings is 3. The molecule has 2 heterocycles. The summed E-state index contributed by atoms with van der Waals surface area (Å²) >= 11 is 7.65. The third kappa shape index (κ3) is 5.93. The molecular weight excluding hydrogens is 564 g/mol. The van der Waals surface area contributed by atoms with Crippen LogP contribution in [0, 0.1) is 6.92 Å². The summed E-state index contributed by atoms with van der Waals surface area (Å²) in [5.74, 6) is -0.291. The second-order valence-corrected chi connectivity index (χ2v) is 12.6. The van der Waals surface area contributed by atoms with Crippen molar-refractivity contribution in [2.45, 2.75) is 31.8 Å². The average molecular weight is 591 g/mol. The van der Waals surface area contributed by atoms with Gasteiger partial charge in [-0.3, -0.25) is 14.7 Å². The van der Waals surface area contributed by atoms with Gasteiger partial charge in [0, 0.05) is 36.1 Å². The van der Waals surface area contributed by atoms with Crippen LogP contribution in [0.25, 0.3) is 10.2 Å². The zero-order chi connectivity index (χ0) is 28.3. The van der Waals surface area contributed by atoms with Crippen molar-refractivity contribution in [1.82, 2.24) is 14.3 Å². The van der Waals surface area contributed by atoms with E-state index in [0.717, 1.165) is 26.9 Å². The summed E-state index contributed by atoms with van der Waals surface area (Å²) in [5.41, 5.74) is 3.85. The van der Waals surface area contributed by atoms with E-state index < -0.39 is 10.0 Å². The van der Waals surface area contributed by atoms with Crippen molar-refractivity contribution >= 4 is 54.2 Å². The van der Waals surface area contributed by atoms with Crippen LogP contribution in [0.3, 0.4) is 0 Å². The van der Waals surface area contributed by atoms with Gasteiger partial charge in [-0.05, 0) is 72.1 Å². The Kier molecular flexibility index (Phi) is 8.27. The lowest BCUT2D eigenvalue weighted by Crippen LogP contribution is -2.31. The first-order valence-corrected chi connectivity index (χ1v) is 15.3. The van der Waals surface area contributed by atoms with Crippen molar-refractivity contribution in [2.75, 3.05) is 11.4 Å². The van der Waals surface area contributed by atoms with Gasteiger partial charge in [0.1, 0.15) is 0 Å². The van der Waals surface area contributed by atoms with Crippen molar-refractivity contribution in [3.8, 4) is 0 Å². The number of anilines is 1. The number of pyridine rings is 1. The summed E-state index contributed by atoms with van der Waals surface area (Å²) < 4.78 is 29.1. The normalized spacial score (nSPS) is 11.7. The number of carbonyl (C=O) groups excluding carboxylic acids is 1. The number of amides is 1. The molecule has 204 valence electrons. The maximum Gasteiger partial charge on any atom is 0.260 e. The lowest BCUT2D eigenvalue weighted by Gasteiger charge is -2.22. The van der Waals surface area contributed by atoms with Gasteiger partial charge < -0.3 is 0 Å². The Hall–Kier alpha value is -3.63. The number of fused-ring (bicyclic) bond motifs is 1. The molecule has 10 heteroatoms. The molecule has 0 N–H and O–H groups in total. The van der Waals surface area contributed by atoms with Crippen LogP contribution in [0.2, 0.25) is 5.02 Å². The van der Waals surface area contributed by atoms with Gasteiger partial charge in [0.05, 0.1) is 21.7 Å². The molecule has 5 aromatic rings. The molecular formula is C30H27ClN4O3S2. The predicted octanol–water partition coefficient (Wildman–Crippen LogP) is 6.71. The minimum Gasteiger partial charge on any atom is -0.279 e. The summed E-state index contributed by atoms with van der Waals surface area (Å²) in [5, 5.41) is 1.14. The molecule has 1 amide bonds. The molecule has 40 heavy (non-hydrogen) atoms. The number of hydrogen-bond acceptors (Lipinski definition) is 6. The Morgan fingerprint density at radius 1 is 0.925 bits per heavy atom. The molecule has 0 aliphatic carbocycles. The summed E-state index contributed by atoms with van der Waals surface area (Å²) in [7, 11) is -3.76. The van der Waals surface area contributed by atoms with Crippen LogP contribution < -0.4 is 4.90 Å². The first-order chi connectivity index (χ1) is 19.3. The Labute approximate surface area is 242 Å². The minimum atomic E-state index is -3.76. The number of halogens is 1. The number of aryl methyl sites for hydroxylation is 1. The van der Waals surface area contributed by atoms with Crippen molar-refractivity contribution in [2.24, 2.45) is 0 Å². The lowest BCUT2D eigenvalue weighted by atomic mass is 10.2. The third-order valence-electron chi connectivity index (χ3n) is 6.50. The molecule has 0 radical (unpaired) electrons. The van der Waals surface area contributed by atoms with E-state index >= 15 is 0 Å². The Morgan fingerprint density at radius 2 is 1.60 bits per heavy atom. The first kappa shape index (κ1) is 27.9. The van der Waals surface area contributed by atoms with Gasteiger partial charge in [-0.15, -0.1) is 0 Å². The van der Waals surface area contributed by atoms with Gasteiger partial charge in [-0.2, -0.15) is 4.31 Å². The molecule has 0 unspecified atom stereocenters. The van der Waals surface area contributed by atoms with E-state index in [9.17, 15) is 13.2 Å². The second kappa shape index (κ2) is 11.9. The van der Waals surface area contributed by atoms with E-state index in [4.69, 9.17) is 16.6 Å². The van der Waals surface area contributed by atoms with Gasteiger partial charge in [0.2, 0.25) is 10.0 Å². The molecule has 0 aliphatic rings. The van der Waals surface area contributed by atoms with E-state index in [1.165, 1.54) is 27.8 Å². The molecule has 7 nitrogen and oxygen atoms in total. The highest BCUT2D eigenvalue weighted by molar-refractivity contribution is 7.89. The van der Waals surface area contributed by atoms with Crippen LogP contribution in [0.15, 0.2) is 96.2 Å². The fourth-order valence-corrected chi connectivity index (χ4v) is 7.24. The van der Waals surface area contributed by atoms with E-state index in [-0.39, 0.29) is 23.9 Å². The Morgan fingerprint density at radius 3 is 2.27 bits per heavy atom. The van der Waals surface area contributed by atoms with Crippen LogP contribution in [0.4, 0.5) is 5.13 Å². The minimum absolute atomic E-state index is 0.132. The fraction of sp³-hybridized carbons (Fsp3) is 0.167. The molecule has 0 saturated heterocycles. The summed E-state index contributed by atoms with van der Waals surface area (Å²) in [4.78, 5) is 24.4. The van der Waals surface area contributed by atoms with E-state index in [1.807, 2.05) is 68.4 Å². The number of aromatic nitrogens is 2. The third-order valence-corrected chi connectivity index (χ3v) is 9.68. The van der Waals surface area contributed by atoms with Gasteiger partial charge >= 0.3 is 0 Å². The maximum absolute atomic E-state index is 13.9. The smallest absolute Gasteiger partial charge is 0.260 e. The van der Waals surface area contributed by atoms with E-state index in [0.29, 0.717) is 22.3 Å². The lowest BCUT2D eigenvalue weighted by molar-refractivity contribution is 0.0985. The first-order valence-electron chi connectivity index (χ1n) is 12.7. The van der Waals surface area contributed by atoms with Crippen molar-refractivity contribution in [1.29, 1.82) is 0 Å². The molecule has 0 saturated carbocycles. The van der Waals surface area contributed by atoms with Gasteiger partial charge in [0.25, 0.3) is 5.91 Å². The van der Waals surface area contributed by atoms with Crippen molar-refractivity contribution in [3.05, 3.63) is 119 Å². The van der Waals surface area contributed by atoms with Crippen LogP contribution in [-0.2, 0) is 23.1 Å². The van der Waals surface area contributed by atoms with Crippen LogP contribution in [0.5, 0.6) is 0 Å². The van der Waals surface area contributed by atoms with Crippen molar-refractivity contribution in [3.63, 3.8) is 0 Å². The second-order valence-electron chi connectivity index (χ2n) is 9.25. The number of hydrogen-bond donors (Lipinski definition) is 0. The molecule has 0 atom stereocenters. The highest BCUT2D eigenvalue weighted by atomic mass is 35.5. The molecule has 2 aromatic heterocycles. The van der Waals surface area contributed by atoms with E-state index in [1.54, 1.807) is 29.4 Å². The SMILES string of the molecule is CCN(Cc1ccccc1)S(=O)(=O)c1ccc(C(=O)N(Cc2ccncc2)c2nc3c(C)cc(Cl)cc3s2)cc1. The quantitative estimate of drug-likeness (QED) is 0.190. The molecule has 0 bridgehead atoms. The molecule has 3 aromatic carbocycles. The van der Waals surface area contributed by atoms with Crippen LogP contribution >= 0.6 is 22.9 Å². The summed E-state index contributed by atoms with van der Waals surface area (Å²) in [6.45, 7) is 4.60. The van der Waals surface area contributed by atoms with Crippen LogP contribution in [-0.4, -0.2) is 35.1 Å². The monoisotopic (exact) mass is 590 g/mol. The number of thiazole rings is 1. The van der Waals surface area contributed by atoms with Gasteiger partial charge in [-0.25, -0.2) is 13.4 Å². The highest BCUT2D eigenvalue weighted by Crippen LogP contribution is 2.34. The maximum atomic E-state index is 13.9. The molecule has 0 fully saturated rings. The Bertz CT molecular complexity index is 1740. The molecule has 0 aliphatic heterocycles. The van der Waals surface area contributed by atoms with E-state index in [2.05, 4.69) is 4.98 Å². The number of carbonyl (C=O) groups is 1. The van der Waals surface area contributed by atoms with Crippen molar-refractivity contribution < 1.29 is 13.2 Å². The number of sulfonamides is 1. The van der Waals surface area contributed by atoms with Gasteiger partial charge in [0.15, 0.2) is 5.13 Å². The topological polar surface area (TPSA) is 83.5 Å².